The van der Waals surface area contributed by atoms with E-state index in [0.29, 0.717) is 11.3 Å². The Morgan fingerprint density at radius 1 is 1.10 bits per heavy atom. The third-order valence-electron chi connectivity index (χ3n) is 3.28. The van der Waals surface area contributed by atoms with Crippen LogP contribution in [0.15, 0.2) is 53.5 Å². The molecule has 0 saturated heterocycles. The van der Waals surface area contributed by atoms with E-state index in [1.165, 1.54) is 12.1 Å². The second-order valence-electron chi connectivity index (χ2n) is 4.55. The number of aliphatic imine (C=N–C) groups is 1. The molecule has 0 aliphatic heterocycles. The number of benzene rings is 2. The van der Waals surface area contributed by atoms with Gasteiger partial charge in [0.2, 0.25) is 5.88 Å². The Hall–Kier alpha value is -2.62. The summed E-state index contributed by atoms with van der Waals surface area (Å²) < 4.78 is 14.5. The lowest BCUT2D eigenvalue weighted by Gasteiger charge is -1.96. The van der Waals surface area contributed by atoms with Crippen LogP contribution in [-0.4, -0.2) is 15.9 Å². The summed E-state index contributed by atoms with van der Waals surface area (Å²) in [5, 5.41) is 11.1. The summed E-state index contributed by atoms with van der Waals surface area (Å²) in [6.45, 7) is 0. The first-order valence-electron chi connectivity index (χ1n) is 6.23. The monoisotopic (exact) mass is 268 g/mol. The SMILES string of the molecule is Cn1c(O)c(C=Nc2ccc(F)cc2)c2ccccc21. The van der Waals surface area contributed by atoms with Crippen LogP contribution in [0, 0.1) is 5.82 Å². The summed E-state index contributed by atoms with van der Waals surface area (Å²) in [4.78, 5) is 4.28. The quantitative estimate of drug-likeness (QED) is 0.706. The zero-order valence-corrected chi connectivity index (χ0v) is 10.9. The minimum absolute atomic E-state index is 0.164. The molecule has 100 valence electrons. The zero-order chi connectivity index (χ0) is 14.1. The van der Waals surface area contributed by atoms with Crippen LogP contribution in [-0.2, 0) is 7.05 Å². The van der Waals surface area contributed by atoms with Crippen LogP contribution >= 0.6 is 0 Å². The van der Waals surface area contributed by atoms with Gasteiger partial charge in [0.25, 0.3) is 0 Å². The summed E-state index contributed by atoms with van der Waals surface area (Å²) in [7, 11) is 1.80. The third kappa shape index (κ3) is 2.05. The minimum atomic E-state index is -0.294. The van der Waals surface area contributed by atoms with Crippen molar-refractivity contribution in [3.63, 3.8) is 0 Å². The van der Waals surface area contributed by atoms with Crippen LogP contribution in [0.2, 0.25) is 0 Å². The molecule has 0 unspecified atom stereocenters. The molecule has 1 heterocycles. The van der Waals surface area contributed by atoms with Gasteiger partial charge in [-0.15, -0.1) is 0 Å². The standard InChI is InChI=1S/C16H13FN2O/c1-19-15-5-3-2-4-13(15)14(16(19)20)10-18-12-8-6-11(17)7-9-12/h2-10,20H,1H3. The smallest absolute Gasteiger partial charge is 0.200 e. The van der Waals surface area contributed by atoms with Gasteiger partial charge >= 0.3 is 0 Å². The molecule has 0 amide bonds. The summed E-state index contributed by atoms with van der Waals surface area (Å²) in [6, 6.07) is 13.6. The Morgan fingerprint density at radius 3 is 2.55 bits per heavy atom. The number of fused-ring (bicyclic) bond motifs is 1. The second kappa shape index (κ2) is 4.81. The Labute approximate surface area is 115 Å². The number of aryl methyl sites for hydroxylation is 1. The zero-order valence-electron chi connectivity index (χ0n) is 10.9. The first-order valence-corrected chi connectivity index (χ1v) is 6.23. The highest BCUT2D eigenvalue weighted by Crippen LogP contribution is 2.29. The largest absolute Gasteiger partial charge is 0.494 e. The van der Waals surface area contributed by atoms with Gasteiger partial charge in [0.1, 0.15) is 5.82 Å². The summed E-state index contributed by atoms with van der Waals surface area (Å²) in [5.41, 5.74) is 2.23. The predicted molar refractivity (Wildman–Crippen MR) is 78.2 cm³/mol. The molecule has 1 aromatic heterocycles. The molecule has 0 fully saturated rings. The van der Waals surface area contributed by atoms with E-state index < -0.39 is 0 Å². The molecule has 0 radical (unpaired) electrons. The number of aromatic nitrogens is 1. The highest BCUT2D eigenvalue weighted by atomic mass is 19.1. The van der Waals surface area contributed by atoms with Crippen LogP contribution in [0.4, 0.5) is 10.1 Å². The molecule has 3 rings (SSSR count). The van der Waals surface area contributed by atoms with Gasteiger partial charge in [-0.05, 0) is 30.3 Å². The maximum atomic E-state index is 12.8. The van der Waals surface area contributed by atoms with Gasteiger partial charge < -0.3 is 9.67 Å². The third-order valence-corrected chi connectivity index (χ3v) is 3.28. The van der Waals surface area contributed by atoms with E-state index in [1.54, 1.807) is 30.0 Å². The van der Waals surface area contributed by atoms with E-state index >= 15 is 0 Å². The maximum absolute atomic E-state index is 12.8. The molecule has 0 aliphatic rings. The lowest BCUT2D eigenvalue weighted by Crippen LogP contribution is -1.85. The van der Waals surface area contributed by atoms with Crippen molar-refractivity contribution in [3.05, 3.63) is 59.9 Å². The van der Waals surface area contributed by atoms with Gasteiger partial charge in [-0.3, -0.25) is 4.99 Å². The van der Waals surface area contributed by atoms with Gasteiger partial charge in [-0.1, -0.05) is 18.2 Å². The summed E-state index contributed by atoms with van der Waals surface area (Å²) >= 11 is 0. The molecule has 0 bridgehead atoms. The average Bonchev–Trinajstić information content (AvgIpc) is 2.71. The van der Waals surface area contributed by atoms with Crippen molar-refractivity contribution in [2.45, 2.75) is 0 Å². The fraction of sp³-hybridized carbons (Fsp3) is 0.0625. The normalized spacial score (nSPS) is 11.5. The highest BCUT2D eigenvalue weighted by Gasteiger charge is 2.11. The molecular formula is C16H13FN2O. The Bertz CT molecular complexity index is 788. The lowest BCUT2D eigenvalue weighted by molar-refractivity contribution is 0.434. The van der Waals surface area contributed by atoms with Crippen molar-refractivity contribution >= 4 is 22.8 Å². The van der Waals surface area contributed by atoms with Crippen molar-refractivity contribution in [2.75, 3.05) is 0 Å². The second-order valence-corrected chi connectivity index (χ2v) is 4.55. The van der Waals surface area contributed by atoms with Crippen LogP contribution < -0.4 is 0 Å². The van der Waals surface area contributed by atoms with Crippen molar-refractivity contribution in [1.29, 1.82) is 0 Å². The van der Waals surface area contributed by atoms with Crippen LogP contribution in [0.5, 0.6) is 5.88 Å². The number of rotatable bonds is 2. The summed E-state index contributed by atoms with van der Waals surface area (Å²) in [6.07, 6.45) is 1.60. The molecule has 0 saturated carbocycles. The molecule has 1 N–H and O–H groups in total. The van der Waals surface area contributed by atoms with Gasteiger partial charge in [0.15, 0.2) is 0 Å². The molecule has 3 aromatic rings. The Balaban J connectivity index is 2.06. The molecule has 0 spiro atoms. The number of para-hydroxylation sites is 1. The Morgan fingerprint density at radius 2 is 1.80 bits per heavy atom. The summed E-state index contributed by atoms with van der Waals surface area (Å²) in [5.74, 6) is -0.131. The van der Waals surface area contributed by atoms with Gasteiger partial charge in [0, 0.05) is 18.6 Å². The lowest BCUT2D eigenvalue weighted by atomic mass is 10.2. The minimum Gasteiger partial charge on any atom is -0.494 e. The fourth-order valence-electron chi connectivity index (χ4n) is 2.20. The van der Waals surface area contributed by atoms with Gasteiger partial charge in [-0.2, -0.15) is 0 Å². The highest BCUT2D eigenvalue weighted by molar-refractivity contribution is 6.03. The molecule has 0 atom stereocenters. The Kier molecular flexibility index (Phi) is 2.99. The van der Waals surface area contributed by atoms with Crippen molar-refractivity contribution in [3.8, 4) is 5.88 Å². The molecule has 4 heteroatoms. The van der Waals surface area contributed by atoms with E-state index in [1.807, 2.05) is 24.3 Å². The molecule has 2 aromatic carbocycles. The average molecular weight is 268 g/mol. The number of halogens is 1. The molecule has 3 nitrogen and oxygen atoms in total. The number of hydrogen-bond acceptors (Lipinski definition) is 2. The topological polar surface area (TPSA) is 37.5 Å². The predicted octanol–water partition coefficient (Wildman–Crippen LogP) is 3.77. The first kappa shape index (κ1) is 12.4. The molecule has 0 aliphatic carbocycles. The van der Waals surface area contributed by atoms with E-state index in [-0.39, 0.29) is 11.7 Å². The first-order chi connectivity index (χ1) is 9.66. The number of hydrogen-bond donors (Lipinski definition) is 1. The van der Waals surface area contributed by atoms with Crippen LogP contribution in [0.25, 0.3) is 10.9 Å². The fourth-order valence-corrected chi connectivity index (χ4v) is 2.20. The van der Waals surface area contributed by atoms with E-state index in [9.17, 15) is 9.50 Å². The van der Waals surface area contributed by atoms with Crippen LogP contribution in [0.1, 0.15) is 5.56 Å². The molecule has 20 heavy (non-hydrogen) atoms. The van der Waals surface area contributed by atoms with Crippen molar-refractivity contribution < 1.29 is 9.50 Å². The van der Waals surface area contributed by atoms with E-state index in [2.05, 4.69) is 4.99 Å². The number of nitrogens with zero attached hydrogens (tertiary/aromatic N) is 2. The maximum Gasteiger partial charge on any atom is 0.200 e. The van der Waals surface area contributed by atoms with Gasteiger partial charge in [-0.25, -0.2) is 4.39 Å². The van der Waals surface area contributed by atoms with E-state index in [4.69, 9.17) is 0 Å². The van der Waals surface area contributed by atoms with Crippen molar-refractivity contribution in [1.82, 2.24) is 4.57 Å². The van der Waals surface area contributed by atoms with Gasteiger partial charge in [0.05, 0.1) is 16.8 Å². The van der Waals surface area contributed by atoms with Crippen molar-refractivity contribution in [2.24, 2.45) is 12.0 Å². The van der Waals surface area contributed by atoms with Crippen LogP contribution in [0.3, 0.4) is 0 Å². The molecular weight excluding hydrogens is 255 g/mol. The van der Waals surface area contributed by atoms with E-state index in [0.717, 1.165) is 10.9 Å². The number of aromatic hydroxyl groups is 1.